The van der Waals surface area contributed by atoms with Crippen LogP contribution in [0.1, 0.15) is 26.7 Å². The number of allylic oxidation sites excluding steroid dienone is 4. The average Bonchev–Trinajstić information content (AvgIpc) is 3.08. The smallest absolute Gasteiger partial charge is 0.202 e. The molecule has 6 heteroatoms. The molecule has 0 aliphatic heterocycles. The number of rotatable bonds is 4. The van der Waals surface area contributed by atoms with Crippen LogP contribution in [0, 0.1) is 10.8 Å². The van der Waals surface area contributed by atoms with Crippen molar-refractivity contribution in [2.75, 3.05) is 0 Å². The van der Waals surface area contributed by atoms with Crippen molar-refractivity contribution in [2.24, 2.45) is 10.8 Å². The van der Waals surface area contributed by atoms with Gasteiger partial charge in [-0.3, -0.25) is 0 Å². The Hall–Kier alpha value is -2.18. The molecule has 4 nitrogen and oxygen atoms in total. The lowest BCUT2D eigenvalue weighted by molar-refractivity contribution is 0.230. The number of fused-ring (bicyclic) bond motifs is 1. The SMILES string of the molecule is C[C@]12C=C(S(=O)(=O)c3ccccc3)C[C@@]1(C)C=C(S(=O)(=O)c1ccccc1)C2. The molecule has 0 aromatic heterocycles. The van der Waals surface area contributed by atoms with E-state index in [2.05, 4.69) is 0 Å². The molecule has 2 aliphatic rings. The van der Waals surface area contributed by atoms with Crippen molar-refractivity contribution < 1.29 is 16.8 Å². The second-order valence-electron chi connectivity index (χ2n) is 8.04. The third-order valence-electron chi connectivity index (χ3n) is 6.14. The number of benzene rings is 2. The summed E-state index contributed by atoms with van der Waals surface area (Å²) in [6.45, 7) is 3.90. The molecule has 0 saturated heterocycles. The fraction of sp³-hybridized carbons (Fsp3) is 0.273. The highest BCUT2D eigenvalue weighted by Gasteiger charge is 2.54. The molecule has 146 valence electrons. The molecule has 2 aliphatic carbocycles. The van der Waals surface area contributed by atoms with Crippen molar-refractivity contribution >= 4 is 19.7 Å². The average molecular weight is 415 g/mol. The third-order valence-corrected chi connectivity index (χ3v) is 9.83. The van der Waals surface area contributed by atoms with Crippen molar-refractivity contribution in [3.05, 3.63) is 82.6 Å². The van der Waals surface area contributed by atoms with Crippen molar-refractivity contribution in [1.82, 2.24) is 0 Å². The highest BCUT2D eigenvalue weighted by molar-refractivity contribution is 7.95. The van der Waals surface area contributed by atoms with E-state index in [9.17, 15) is 16.8 Å². The van der Waals surface area contributed by atoms with Crippen LogP contribution in [0.5, 0.6) is 0 Å². The van der Waals surface area contributed by atoms with Gasteiger partial charge in [0.2, 0.25) is 19.7 Å². The van der Waals surface area contributed by atoms with Gasteiger partial charge in [-0.05, 0) is 37.1 Å². The van der Waals surface area contributed by atoms with Crippen LogP contribution in [-0.4, -0.2) is 16.8 Å². The number of sulfone groups is 2. The Balaban J connectivity index is 1.71. The molecule has 0 saturated carbocycles. The molecule has 0 heterocycles. The zero-order valence-electron chi connectivity index (χ0n) is 15.8. The van der Waals surface area contributed by atoms with Gasteiger partial charge < -0.3 is 0 Å². The maximum atomic E-state index is 13.0. The monoisotopic (exact) mass is 414 g/mol. The standard InChI is InChI=1S/C22H22O4S2/c1-21-13-19(27(23,24)17-9-5-3-6-10-17)15-22(21,2)16-20(14-21)28(25,26)18-11-7-4-8-12-18/h3-13,16H,14-15H2,1-2H3/t21-,22+/m1/s1. The Bertz CT molecular complexity index is 1100. The minimum Gasteiger partial charge on any atom is -0.219 e. The first kappa shape index (κ1) is 19.2. The van der Waals surface area contributed by atoms with Crippen LogP contribution in [0.25, 0.3) is 0 Å². The molecule has 0 amide bonds. The maximum absolute atomic E-state index is 13.0. The Labute approximate surface area is 166 Å². The molecule has 0 radical (unpaired) electrons. The normalized spacial score (nSPS) is 27.2. The first-order chi connectivity index (χ1) is 13.1. The first-order valence-electron chi connectivity index (χ1n) is 9.12. The zero-order chi connectivity index (χ0) is 20.2. The molecule has 0 unspecified atom stereocenters. The van der Waals surface area contributed by atoms with Crippen molar-refractivity contribution in [1.29, 1.82) is 0 Å². The predicted molar refractivity (Wildman–Crippen MR) is 109 cm³/mol. The molecule has 0 N–H and O–H groups in total. The van der Waals surface area contributed by atoms with Crippen molar-refractivity contribution in [3.8, 4) is 0 Å². The van der Waals surface area contributed by atoms with E-state index in [0.29, 0.717) is 22.7 Å². The fourth-order valence-electron chi connectivity index (χ4n) is 4.22. The lowest BCUT2D eigenvalue weighted by atomic mass is 9.70. The molecule has 0 spiro atoms. The van der Waals surface area contributed by atoms with Gasteiger partial charge in [-0.15, -0.1) is 0 Å². The Morgan fingerprint density at radius 3 is 1.25 bits per heavy atom. The second kappa shape index (κ2) is 6.16. The lowest BCUT2D eigenvalue weighted by Crippen LogP contribution is -2.26. The summed E-state index contributed by atoms with van der Waals surface area (Å²) in [5.41, 5.74) is -1.11. The van der Waals surface area contributed by atoms with Gasteiger partial charge >= 0.3 is 0 Å². The van der Waals surface area contributed by atoms with Gasteiger partial charge in [-0.1, -0.05) is 62.4 Å². The molecule has 4 rings (SSSR count). The van der Waals surface area contributed by atoms with Gasteiger partial charge in [0.15, 0.2) is 0 Å². The van der Waals surface area contributed by atoms with Crippen LogP contribution in [0.15, 0.2) is 92.4 Å². The van der Waals surface area contributed by atoms with E-state index >= 15 is 0 Å². The van der Waals surface area contributed by atoms with Gasteiger partial charge in [-0.2, -0.15) is 0 Å². The van der Waals surface area contributed by atoms with Crippen LogP contribution in [0.4, 0.5) is 0 Å². The third kappa shape index (κ3) is 2.78. The Morgan fingerprint density at radius 2 is 0.929 bits per heavy atom. The van der Waals surface area contributed by atoms with Crippen LogP contribution in [-0.2, 0) is 19.7 Å². The summed E-state index contributed by atoms with van der Waals surface area (Å²) in [5, 5.41) is 0. The molecule has 28 heavy (non-hydrogen) atoms. The lowest BCUT2D eigenvalue weighted by Gasteiger charge is -2.32. The van der Waals surface area contributed by atoms with E-state index in [1.807, 2.05) is 13.8 Å². The summed E-state index contributed by atoms with van der Waals surface area (Å²) in [4.78, 5) is 1.29. The predicted octanol–water partition coefficient (Wildman–Crippen LogP) is 4.52. The summed E-state index contributed by atoms with van der Waals surface area (Å²) in [6.07, 6.45) is 4.15. The summed E-state index contributed by atoms with van der Waals surface area (Å²) in [5.74, 6) is 0. The molecule has 0 bridgehead atoms. The molecular weight excluding hydrogens is 392 g/mol. The first-order valence-corrected chi connectivity index (χ1v) is 12.1. The van der Waals surface area contributed by atoms with Gasteiger partial charge in [0.25, 0.3) is 0 Å². The van der Waals surface area contributed by atoms with E-state index < -0.39 is 30.5 Å². The highest BCUT2D eigenvalue weighted by atomic mass is 32.2. The minimum atomic E-state index is -3.58. The van der Waals surface area contributed by atoms with Gasteiger partial charge in [-0.25, -0.2) is 16.8 Å². The number of hydrogen-bond donors (Lipinski definition) is 0. The number of hydrogen-bond acceptors (Lipinski definition) is 4. The molecule has 2 aromatic rings. The molecule has 2 aromatic carbocycles. The topological polar surface area (TPSA) is 68.3 Å². The molecular formula is C22H22O4S2. The molecule has 2 atom stereocenters. The summed E-state index contributed by atoms with van der Waals surface area (Å²) < 4.78 is 52.2. The fourth-order valence-corrected chi connectivity index (χ4v) is 7.67. The van der Waals surface area contributed by atoms with E-state index in [0.717, 1.165) is 0 Å². The summed E-state index contributed by atoms with van der Waals surface area (Å²) in [6, 6.07) is 16.8. The second-order valence-corrected chi connectivity index (χ2v) is 12.0. The molecule has 0 fully saturated rings. The summed E-state index contributed by atoms with van der Waals surface area (Å²) >= 11 is 0. The Kier molecular flexibility index (Phi) is 4.21. The zero-order valence-corrected chi connectivity index (χ0v) is 17.4. The summed E-state index contributed by atoms with van der Waals surface area (Å²) in [7, 11) is -7.16. The largest absolute Gasteiger partial charge is 0.219 e. The van der Waals surface area contributed by atoms with Crippen LogP contribution >= 0.6 is 0 Å². The quantitative estimate of drug-likeness (QED) is 0.737. The van der Waals surface area contributed by atoms with E-state index in [-0.39, 0.29) is 9.79 Å². The van der Waals surface area contributed by atoms with Crippen LogP contribution in [0.2, 0.25) is 0 Å². The van der Waals surface area contributed by atoms with Crippen molar-refractivity contribution in [2.45, 2.75) is 36.5 Å². The van der Waals surface area contributed by atoms with E-state index in [1.54, 1.807) is 72.8 Å². The van der Waals surface area contributed by atoms with Gasteiger partial charge in [0.05, 0.1) is 9.79 Å². The van der Waals surface area contributed by atoms with Gasteiger partial charge in [0.1, 0.15) is 0 Å². The van der Waals surface area contributed by atoms with E-state index in [1.165, 1.54) is 0 Å². The minimum absolute atomic E-state index is 0.273. The maximum Gasteiger partial charge on any atom is 0.202 e. The Morgan fingerprint density at radius 1 is 0.607 bits per heavy atom. The van der Waals surface area contributed by atoms with Crippen molar-refractivity contribution in [3.63, 3.8) is 0 Å². The van der Waals surface area contributed by atoms with E-state index in [4.69, 9.17) is 0 Å². The van der Waals surface area contributed by atoms with Crippen LogP contribution < -0.4 is 0 Å². The highest BCUT2D eigenvalue weighted by Crippen LogP contribution is 2.62. The van der Waals surface area contributed by atoms with Crippen LogP contribution in [0.3, 0.4) is 0 Å². The van der Waals surface area contributed by atoms with Gasteiger partial charge in [0, 0.05) is 20.6 Å².